The maximum absolute atomic E-state index is 12.5. The standard InChI is InChI=1S/C19H22N2O2/c1-19(2)10-9-16-13(12-19)11-15(18(23)21(16)3)17(22)20-14-7-5-4-6-8-14/h4-8,11H,9-10,12H2,1-3H3,(H,20,22). The molecule has 3 rings (SSSR count). The first kappa shape index (κ1) is 15.5. The van der Waals surface area contributed by atoms with E-state index < -0.39 is 0 Å². The first-order valence-corrected chi connectivity index (χ1v) is 7.95. The lowest BCUT2D eigenvalue weighted by Crippen LogP contribution is -2.34. The van der Waals surface area contributed by atoms with E-state index in [9.17, 15) is 9.59 Å². The highest BCUT2D eigenvalue weighted by molar-refractivity contribution is 6.04. The van der Waals surface area contributed by atoms with Gasteiger partial charge in [0, 0.05) is 18.4 Å². The summed E-state index contributed by atoms with van der Waals surface area (Å²) >= 11 is 0. The van der Waals surface area contributed by atoms with Gasteiger partial charge in [-0.15, -0.1) is 0 Å². The predicted octanol–water partition coefficient (Wildman–Crippen LogP) is 3.15. The van der Waals surface area contributed by atoms with Gasteiger partial charge in [-0.1, -0.05) is 32.0 Å². The van der Waals surface area contributed by atoms with Crippen LogP contribution >= 0.6 is 0 Å². The zero-order valence-electron chi connectivity index (χ0n) is 13.8. The molecule has 1 aliphatic rings. The maximum Gasteiger partial charge on any atom is 0.263 e. The van der Waals surface area contributed by atoms with Gasteiger partial charge in [-0.25, -0.2) is 0 Å². The number of rotatable bonds is 2. The third-order valence-corrected chi connectivity index (χ3v) is 4.61. The number of hydrogen-bond donors (Lipinski definition) is 1. The minimum Gasteiger partial charge on any atom is -0.322 e. The molecular weight excluding hydrogens is 288 g/mol. The Morgan fingerprint density at radius 3 is 2.61 bits per heavy atom. The molecule has 0 saturated heterocycles. The minimum absolute atomic E-state index is 0.206. The number of aromatic nitrogens is 1. The number of pyridine rings is 1. The highest BCUT2D eigenvalue weighted by Crippen LogP contribution is 2.34. The number of nitrogens with zero attached hydrogens (tertiary/aromatic N) is 1. The molecule has 0 radical (unpaired) electrons. The average molecular weight is 310 g/mol. The van der Waals surface area contributed by atoms with Crippen molar-refractivity contribution in [2.45, 2.75) is 33.1 Å². The van der Waals surface area contributed by atoms with Crippen LogP contribution in [0.4, 0.5) is 5.69 Å². The summed E-state index contributed by atoms with van der Waals surface area (Å²) < 4.78 is 1.64. The predicted molar refractivity (Wildman–Crippen MR) is 91.9 cm³/mol. The third-order valence-electron chi connectivity index (χ3n) is 4.61. The fourth-order valence-electron chi connectivity index (χ4n) is 3.26. The Labute approximate surface area is 136 Å². The Kier molecular flexibility index (Phi) is 3.84. The number of carbonyl (C=O) groups is 1. The zero-order valence-corrected chi connectivity index (χ0v) is 13.8. The smallest absolute Gasteiger partial charge is 0.263 e. The Bertz CT molecular complexity index is 804. The van der Waals surface area contributed by atoms with E-state index in [2.05, 4.69) is 19.2 Å². The Hall–Kier alpha value is -2.36. The topological polar surface area (TPSA) is 51.1 Å². The molecule has 0 saturated carbocycles. The molecule has 4 nitrogen and oxygen atoms in total. The van der Waals surface area contributed by atoms with Crippen LogP contribution in [-0.4, -0.2) is 10.5 Å². The fourth-order valence-corrected chi connectivity index (χ4v) is 3.26. The van der Waals surface area contributed by atoms with Crippen molar-refractivity contribution in [2.75, 3.05) is 5.32 Å². The second-order valence-electron chi connectivity index (χ2n) is 7.06. The molecule has 0 aliphatic heterocycles. The summed E-state index contributed by atoms with van der Waals surface area (Å²) in [5.74, 6) is -0.344. The van der Waals surface area contributed by atoms with Crippen LogP contribution in [0.25, 0.3) is 0 Å². The molecule has 1 aliphatic carbocycles. The van der Waals surface area contributed by atoms with Gasteiger partial charge in [0.05, 0.1) is 0 Å². The van der Waals surface area contributed by atoms with Crippen molar-refractivity contribution in [3.63, 3.8) is 0 Å². The summed E-state index contributed by atoms with van der Waals surface area (Å²) in [6, 6.07) is 11.0. The molecule has 0 bridgehead atoms. The van der Waals surface area contributed by atoms with E-state index in [1.165, 1.54) is 0 Å². The van der Waals surface area contributed by atoms with E-state index in [0.29, 0.717) is 5.69 Å². The van der Waals surface area contributed by atoms with Crippen LogP contribution in [-0.2, 0) is 19.9 Å². The molecule has 1 aromatic carbocycles. The number of para-hydroxylation sites is 1. The lowest BCUT2D eigenvalue weighted by atomic mass is 9.75. The number of fused-ring (bicyclic) bond motifs is 1. The summed E-state index contributed by atoms with van der Waals surface area (Å²) in [7, 11) is 1.76. The van der Waals surface area contributed by atoms with E-state index >= 15 is 0 Å². The van der Waals surface area contributed by atoms with Crippen molar-refractivity contribution in [1.29, 1.82) is 0 Å². The van der Waals surface area contributed by atoms with Crippen LogP contribution in [0.15, 0.2) is 41.2 Å². The number of carbonyl (C=O) groups excluding carboxylic acids is 1. The average Bonchev–Trinajstić information content (AvgIpc) is 2.50. The summed E-state index contributed by atoms with van der Waals surface area (Å²) in [6.45, 7) is 4.45. The van der Waals surface area contributed by atoms with Crippen LogP contribution in [0.3, 0.4) is 0 Å². The first-order chi connectivity index (χ1) is 10.9. The minimum atomic E-state index is -0.344. The molecule has 1 aromatic heterocycles. The highest BCUT2D eigenvalue weighted by Gasteiger charge is 2.28. The van der Waals surface area contributed by atoms with Crippen LogP contribution in [0, 0.1) is 5.41 Å². The van der Waals surface area contributed by atoms with Gasteiger partial charge in [-0.2, -0.15) is 0 Å². The molecule has 0 fully saturated rings. The Balaban J connectivity index is 1.98. The van der Waals surface area contributed by atoms with Crippen LogP contribution in [0.2, 0.25) is 0 Å². The molecule has 1 N–H and O–H groups in total. The monoisotopic (exact) mass is 310 g/mol. The maximum atomic E-state index is 12.5. The fraction of sp³-hybridized carbons (Fsp3) is 0.368. The number of hydrogen-bond acceptors (Lipinski definition) is 2. The van der Waals surface area contributed by atoms with Gasteiger partial charge in [0.25, 0.3) is 11.5 Å². The van der Waals surface area contributed by atoms with Gasteiger partial charge >= 0.3 is 0 Å². The molecule has 23 heavy (non-hydrogen) atoms. The van der Waals surface area contributed by atoms with E-state index in [-0.39, 0.29) is 22.4 Å². The van der Waals surface area contributed by atoms with Gasteiger partial charge in [-0.3, -0.25) is 9.59 Å². The molecule has 0 spiro atoms. The molecule has 0 atom stereocenters. The second-order valence-corrected chi connectivity index (χ2v) is 7.06. The quantitative estimate of drug-likeness (QED) is 0.926. The number of nitrogens with one attached hydrogen (secondary N) is 1. The Morgan fingerprint density at radius 1 is 1.22 bits per heavy atom. The van der Waals surface area contributed by atoms with E-state index in [4.69, 9.17) is 0 Å². The van der Waals surface area contributed by atoms with Gasteiger partial charge in [0.2, 0.25) is 0 Å². The van der Waals surface area contributed by atoms with E-state index in [1.807, 2.05) is 30.3 Å². The molecule has 4 heteroatoms. The van der Waals surface area contributed by atoms with Crippen molar-refractivity contribution in [3.05, 3.63) is 63.6 Å². The zero-order chi connectivity index (χ0) is 16.6. The van der Waals surface area contributed by atoms with Gasteiger partial charge in [0.15, 0.2) is 0 Å². The molecule has 120 valence electrons. The first-order valence-electron chi connectivity index (χ1n) is 7.95. The van der Waals surface area contributed by atoms with Gasteiger partial charge < -0.3 is 9.88 Å². The van der Waals surface area contributed by atoms with Crippen LogP contribution in [0.5, 0.6) is 0 Å². The Morgan fingerprint density at radius 2 is 1.91 bits per heavy atom. The number of anilines is 1. The van der Waals surface area contributed by atoms with E-state index in [1.54, 1.807) is 17.7 Å². The molecule has 1 amide bonds. The second kappa shape index (κ2) is 5.69. The van der Waals surface area contributed by atoms with Crippen molar-refractivity contribution in [3.8, 4) is 0 Å². The summed E-state index contributed by atoms with van der Waals surface area (Å²) in [6.07, 6.45) is 2.83. The van der Waals surface area contributed by atoms with Crippen LogP contribution in [0.1, 0.15) is 41.9 Å². The van der Waals surface area contributed by atoms with Gasteiger partial charge in [-0.05, 0) is 48.4 Å². The summed E-state index contributed by atoms with van der Waals surface area (Å²) in [4.78, 5) is 25.0. The van der Waals surface area contributed by atoms with Gasteiger partial charge in [0.1, 0.15) is 5.56 Å². The van der Waals surface area contributed by atoms with Crippen LogP contribution < -0.4 is 10.9 Å². The SMILES string of the molecule is Cn1c2c(cc(C(=O)Nc3ccccc3)c1=O)CC(C)(C)CC2. The van der Waals surface area contributed by atoms with Crippen molar-refractivity contribution >= 4 is 11.6 Å². The normalized spacial score (nSPS) is 15.8. The molecule has 2 aromatic rings. The number of benzene rings is 1. The molecule has 0 unspecified atom stereocenters. The third kappa shape index (κ3) is 3.07. The largest absolute Gasteiger partial charge is 0.322 e. The molecule has 1 heterocycles. The lowest BCUT2D eigenvalue weighted by Gasteiger charge is -2.32. The highest BCUT2D eigenvalue weighted by atomic mass is 16.2. The summed E-state index contributed by atoms with van der Waals surface area (Å²) in [5, 5.41) is 2.80. The lowest BCUT2D eigenvalue weighted by molar-refractivity contribution is 0.102. The van der Waals surface area contributed by atoms with E-state index in [0.717, 1.165) is 30.5 Å². The number of amides is 1. The van der Waals surface area contributed by atoms with Crippen molar-refractivity contribution < 1.29 is 4.79 Å². The van der Waals surface area contributed by atoms with Crippen molar-refractivity contribution in [1.82, 2.24) is 4.57 Å². The van der Waals surface area contributed by atoms with Crippen molar-refractivity contribution in [2.24, 2.45) is 12.5 Å². The molecular formula is C19H22N2O2. The summed E-state index contributed by atoms with van der Waals surface area (Å²) in [5.41, 5.74) is 3.06.